The van der Waals surface area contributed by atoms with Crippen LogP contribution in [0.4, 0.5) is 5.95 Å². The monoisotopic (exact) mass is 431 g/mol. The van der Waals surface area contributed by atoms with E-state index >= 15 is 0 Å². The number of nitrogens with zero attached hydrogens (tertiary/aromatic N) is 4. The van der Waals surface area contributed by atoms with E-state index in [-0.39, 0.29) is 5.97 Å². The van der Waals surface area contributed by atoms with E-state index in [2.05, 4.69) is 39.2 Å². The van der Waals surface area contributed by atoms with Crippen molar-refractivity contribution in [2.45, 2.75) is 58.0 Å². The van der Waals surface area contributed by atoms with E-state index < -0.39 is 0 Å². The standard InChI is InChI=1S/C25H29N5O2/c1-3-4-13-29-21-11-9-16(14-19(21)28-25(29)26)23-27-20-15-17(24(31)32-2)10-12-22(20)30(23)18-7-5-6-8-18/h9-12,14-15,18H,3-8,13H2,1-2H3,(H2,26,28). The van der Waals surface area contributed by atoms with Crippen molar-refractivity contribution in [1.29, 1.82) is 0 Å². The van der Waals surface area contributed by atoms with Gasteiger partial charge in [-0.15, -0.1) is 0 Å². The third kappa shape index (κ3) is 3.42. The molecule has 2 aromatic heterocycles. The van der Waals surface area contributed by atoms with Crippen molar-refractivity contribution in [3.63, 3.8) is 0 Å². The molecule has 0 amide bonds. The first-order valence-corrected chi connectivity index (χ1v) is 11.5. The molecular weight excluding hydrogens is 402 g/mol. The van der Waals surface area contributed by atoms with E-state index in [1.807, 2.05) is 18.2 Å². The number of aryl methyl sites for hydroxylation is 1. The molecule has 0 spiro atoms. The first-order valence-electron chi connectivity index (χ1n) is 11.5. The molecule has 0 bridgehead atoms. The van der Waals surface area contributed by atoms with E-state index in [9.17, 15) is 4.79 Å². The highest BCUT2D eigenvalue weighted by Crippen LogP contribution is 2.38. The Labute approximate surface area is 187 Å². The summed E-state index contributed by atoms with van der Waals surface area (Å²) in [4.78, 5) is 21.7. The average Bonchev–Trinajstić information content (AvgIpc) is 3.52. The van der Waals surface area contributed by atoms with Crippen molar-refractivity contribution < 1.29 is 9.53 Å². The first kappa shape index (κ1) is 20.5. The van der Waals surface area contributed by atoms with Gasteiger partial charge in [-0.3, -0.25) is 0 Å². The number of nitrogens with two attached hydrogens (primary N) is 1. The summed E-state index contributed by atoms with van der Waals surface area (Å²) < 4.78 is 9.34. The van der Waals surface area contributed by atoms with Crippen molar-refractivity contribution in [2.75, 3.05) is 12.8 Å². The summed E-state index contributed by atoms with van der Waals surface area (Å²) in [6.45, 7) is 3.04. The fourth-order valence-corrected chi connectivity index (χ4v) is 4.92. The van der Waals surface area contributed by atoms with Gasteiger partial charge in [-0.05, 0) is 55.7 Å². The second kappa shape index (κ2) is 8.30. The number of esters is 1. The van der Waals surface area contributed by atoms with Gasteiger partial charge in [0.15, 0.2) is 0 Å². The number of fused-ring (bicyclic) bond motifs is 2. The molecule has 2 aromatic carbocycles. The Morgan fingerprint density at radius 1 is 1.09 bits per heavy atom. The molecule has 0 unspecified atom stereocenters. The Kier molecular flexibility index (Phi) is 5.33. The molecule has 32 heavy (non-hydrogen) atoms. The van der Waals surface area contributed by atoms with Gasteiger partial charge in [0, 0.05) is 18.2 Å². The molecule has 1 aliphatic carbocycles. The highest BCUT2D eigenvalue weighted by molar-refractivity contribution is 5.94. The van der Waals surface area contributed by atoms with Crippen LogP contribution in [0.2, 0.25) is 0 Å². The largest absolute Gasteiger partial charge is 0.465 e. The van der Waals surface area contributed by atoms with Crippen LogP contribution in [0.15, 0.2) is 36.4 Å². The Morgan fingerprint density at radius 3 is 2.59 bits per heavy atom. The van der Waals surface area contributed by atoms with E-state index in [0.29, 0.717) is 17.6 Å². The molecule has 1 fully saturated rings. The number of hydrogen-bond donors (Lipinski definition) is 1. The molecule has 0 aliphatic heterocycles. The van der Waals surface area contributed by atoms with Crippen molar-refractivity contribution in [2.24, 2.45) is 0 Å². The number of imidazole rings is 2. The van der Waals surface area contributed by atoms with Gasteiger partial charge in [0.05, 0.1) is 34.7 Å². The number of methoxy groups -OCH3 is 1. The summed E-state index contributed by atoms with van der Waals surface area (Å²) in [6.07, 6.45) is 6.90. The summed E-state index contributed by atoms with van der Waals surface area (Å²) >= 11 is 0. The lowest BCUT2D eigenvalue weighted by atomic mass is 10.1. The topological polar surface area (TPSA) is 88.0 Å². The number of unbranched alkanes of at least 4 members (excludes halogenated alkanes) is 1. The molecule has 0 radical (unpaired) electrons. The van der Waals surface area contributed by atoms with Crippen LogP contribution in [0.1, 0.15) is 61.8 Å². The molecule has 7 nitrogen and oxygen atoms in total. The van der Waals surface area contributed by atoms with E-state index in [0.717, 1.165) is 65.7 Å². The van der Waals surface area contributed by atoms with Gasteiger partial charge in [-0.1, -0.05) is 26.2 Å². The van der Waals surface area contributed by atoms with Crippen LogP contribution in [-0.2, 0) is 11.3 Å². The molecule has 0 atom stereocenters. The lowest BCUT2D eigenvalue weighted by molar-refractivity contribution is 0.0601. The number of anilines is 1. The number of rotatable bonds is 6. The molecule has 1 saturated carbocycles. The molecule has 1 aliphatic rings. The van der Waals surface area contributed by atoms with Gasteiger partial charge in [0.1, 0.15) is 5.82 Å². The predicted octanol–water partition coefficient (Wildman–Crippen LogP) is 5.34. The SMILES string of the molecule is CCCCn1c(N)nc2cc(-c3nc4cc(C(=O)OC)ccc4n3C3CCCC3)ccc21. The Morgan fingerprint density at radius 2 is 1.84 bits per heavy atom. The molecule has 7 heteroatoms. The third-order valence-electron chi connectivity index (χ3n) is 6.57. The fourth-order valence-electron chi connectivity index (χ4n) is 4.92. The minimum atomic E-state index is -0.349. The Balaban J connectivity index is 1.65. The molecule has 0 saturated heterocycles. The smallest absolute Gasteiger partial charge is 0.337 e. The molecule has 2 heterocycles. The highest BCUT2D eigenvalue weighted by atomic mass is 16.5. The van der Waals surface area contributed by atoms with Gasteiger partial charge in [0.2, 0.25) is 5.95 Å². The van der Waals surface area contributed by atoms with Crippen LogP contribution in [0.25, 0.3) is 33.5 Å². The Bertz CT molecular complexity index is 1300. The summed E-state index contributed by atoms with van der Waals surface area (Å²) in [5.74, 6) is 1.12. The number of hydrogen-bond acceptors (Lipinski definition) is 5. The number of carbonyl (C=O) groups is 1. The molecule has 166 valence electrons. The zero-order valence-corrected chi connectivity index (χ0v) is 18.7. The number of aromatic nitrogens is 4. The van der Waals surface area contributed by atoms with Crippen LogP contribution in [0.3, 0.4) is 0 Å². The normalized spacial score (nSPS) is 14.6. The first-order chi connectivity index (χ1) is 15.6. The third-order valence-corrected chi connectivity index (χ3v) is 6.57. The van der Waals surface area contributed by atoms with Gasteiger partial charge < -0.3 is 19.6 Å². The van der Waals surface area contributed by atoms with Crippen LogP contribution >= 0.6 is 0 Å². The maximum atomic E-state index is 12.1. The van der Waals surface area contributed by atoms with E-state index in [1.165, 1.54) is 20.0 Å². The van der Waals surface area contributed by atoms with Crippen LogP contribution < -0.4 is 5.73 Å². The minimum absolute atomic E-state index is 0.349. The van der Waals surface area contributed by atoms with Gasteiger partial charge in [-0.25, -0.2) is 14.8 Å². The molecule has 2 N–H and O–H groups in total. The quantitative estimate of drug-likeness (QED) is 0.417. The second-order valence-corrected chi connectivity index (χ2v) is 8.62. The van der Waals surface area contributed by atoms with Gasteiger partial charge in [0.25, 0.3) is 0 Å². The summed E-state index contributed by atoms with van der Waals surface area (Å²) in [5, 5.41) is 0. The zero-order valence-electron chi connectivity index (χ0n) is 18.7. The average molecular weight is 432 g/mol. The lowest BCUT2D eigenvalue weighted by Crippen LogP contribution is -2.07. The lowest BCUT2D eigenvalue weighted by Gasteiger charge is -2.16. The second-order valence-electron chi connectivity index (χ2n) is 8.62. The van der Waals surface area contributed by atoms with Crippen LogP contribution in [0.5, 0.6) is 0 Å². The maximum Gasteiger partial charge on any atom is 0.337 e. The molecule has 4 aromatic rings. The molecule has 5 rings (SSSR count). The summed E-state index contributed by atoms with van der Waals surface area (Å²) in [5.41, 5.74) is 11.5. The Hall–Kier alpha value is -3.35. The summed E-state index contributed by atoms with van der Waals surface area (Å²) in [6, 6.07) is 12.3. The summed E-state index contributed by atoms with van der Waals surface area (Å²) in [7, 11) is 1.40. The van der Waals surface area contributed by atoms with E-state index in [1.54, 1.807) is 0 Å². The number of nitrogen functional groups attached to an aromatic ring is 1. The maximum absolute atomic E-state index is 12.1. The van der Waals surface area contributed by atoms with Crippen molar-refractivity contribution in [1.82, 2.24) is 19.1 Å². The minimum Gasteiger partial charge on any atom is -0.465 e. The highest BCUT2D eigenvalue weighted by Gasteiger charge is 2.24. The van der Waals surface area contributed by atoms with Crippen molar-refractivity contribution in [3.05, 3.63) is 42.0 Å². The number of carbonyl (C=O) groups excluding carboxylic acids is 1. The zero-order chi connectivity index (χ0) is 22.2. The number of benzene rings is 2. The number of ether oxygens (including phenoxy) is 1. The van der Waals surface area contributed by atoms with Crippen molar-refractivity contribution in [3.8, 4) is 11.4 Å². The van der Waals surface area contributed by atoms with Crippen LogP contribution in [0, 0.1) is 0 Å². The van der Waals surface area contributed by atoms with E-state index in [4.69, 9.17) is 15.5 Å². The molecular formula is C25H29N5O2. The van der Waals surface area contributed by atoms with Crippen LogP contribution in [-0.4, -0.2) is 32.2 Å². The van der Waals surface area contributed by atoms with Gasteiger partial charge in [-0.2, -0.15) is 0 Å². The fraction of sp³-hybridized carbons (Fsp3) is 0.400. The van der Waals surface area contributed by atoms with Crippen molar-refractivity contribution >= 4 is 34.0 Å². The van der Waals surface area contributed by atoms with Gasteiger partial charge >= 0.3 is 5.97 Å². The predicted molar refractivity (Wildman–Crippen MR) is 127 cm³/mol.